The first-order chi connectivity index (χ1) is 10.6. The molecule has 0 radical (unpaired) electrons. The van der Waals surface area contributed by atoms with Crippen LogP contribution in [0.2, 0.25) is 0 Å². The largest absolute Gasteiger partial charge is 0.493 e. The van der Waals surface area contributed by atoms with Crippen molar-refractivity contribution in [2.45, 2.75) is 54.4 Å². The van der Waals surface area contributed by atoms with E-state index in [1.54, 1.807) is 0 Å². The van der Waals surface area contributed by atoms with Crippen molar-refractivity contribution in [2.24, 2.45) is 11.3 Å². The van der Waals surface area contributed by atoms with Gasteiger partial charge in [0.15, 0.2) is 0 Å². The van der Waals surface area contributed by atoms with Gasteiger partial charge in [0.2, 0.25) is 0 Å². The fourth-order valence-electron chi connectivity index (χ4n) is 2.15. The van der Waals surface area contributed by atoms with Gasteiger partial charge >= 0.3 is 5.97 Å². The lowest BCUT2D eigenvalue weighted by Gasteiger charge is -2.23. The van der Waals surface area contributed by atoms with Gasteiger partial charge in [-0.3, -0.25) is 4.79 Å². The molecule has 0 N–H and O–H groups in total. The molecule has 23 heavy (non-hydrogen) atoms. The number of ether oxygens (including phenoxy) is 2. The van der Waals surface area contributed by atoms with E-state index in [1.807, 2.05) is 47.6 Å². The van der Waals surface area contributed by atoms with Crippen molar-refractivity contribution in [3.05, 3.63) is 27.7 Å². The molecule has 0 heterocycles. The smallest absolute Gasteiger partial charge is 0.311 e. The highest BCUT2D eigenvalue weighted by Gasteiger charge is 2.29. The molecule has 0 aromatic heterocycles. The molecule has 1 aromatic rings. The summed E-state index contributed by atoms with van der Waals surface area (Å²) in [4.78, 5) is 12.1. The normalized spacial score (nSPS) is 11.7. The van der Waals surface area contributed by atoms with Gasteiger partial charge in [0.05, 0.1) is 18.6 Å². The third kappa shape index (κ3) is 6.54. The Morgan fingerprint density at radius 1 is 1.22 bits per heavy atom. The zero-order chi connectivity index (χ0) is 17.6. The van der Waals surface area contributed by atoms with Crippen LogP contribution in [0.3, 0.4) is 0 Å². The predicted octanol–water partition coefficient (Wildman–Crippen LogP) is 5.45. The van der Waals surface area contributed by atoms with Crippen LogP contribution in [-0.4, -0.2) is 19.2 Å². The van der Waals surface area contributed by atoms with Gasteiger partial charge in [-0.2, -0.15) is 0 Å². The molecule has 130 valence electrons. The molecule has 0 aliphatic carbocycles. The van der Waals surface area contributed by atoms with Crippen LogP contribution < -0.4 is 4.74 Å². The van der Waals surface area contributed by atoms with Crippen molar-refractivity contribution < 1.29 is 14.3 Å². The first kappa shape index (κ1) is 20.0. The Kier molecular flexibility index (Phi) is 7.59. The van der Waals surface area contributed by atoms with Crippen molar-refractivity contribution >= 4 is 21.9 Å². The number of hydrogen-bond acceptors (Lipinski definition) is 3. The minimum absolute atomic E-state index is 0.123. The van der Waals surface area contributed by atoms with Gasteiger partial charge in [-0.15, -0.1) is 0 Å². The van der Waals surface area contributed by atoms with Crippen LogP contribution >= 0.6 is 15.9 Å². The maximum atomic E-state index is 12.1. The van der Waals surface area contributed by atoms with Crippen LogP contribution in [0.25, 0.3) is 0 Å². The Morgan fingerprint density at radius 3 is 2.48 bits per heavy atom. The average Bonchev–Trinajstić information content (AvgIpc) is 2.45. The number of benzene rings is 1. The molecule has 3 nitrogen and oxygen atoms in total. The molecule has 1 aromatic carbocycles. The van der Waals surface area contributed by atoms with Crippen LogP contribution in [0, 0.1) is 25.2 Å². The molecule has 0 saturated heterocycles. The van der Waals surface area contributed by atoms with Crippen LogP contribution in [-0.2, 0) is 9.53 Å². The first-order valence-corrected chi connectivity index (χ1v) is 8.99. The van der Waals surface area contributed by atoms with Gasteiger partial charge < -0.3 is 9.47 Å². The second-order valence-corrected chi connectivity index (χ2v) is 8.05. The molecule has 0 atom stereocenters. The second kappa shape index (κ2) is 8.72. The van der Waals surface area contributed by atoms with E-state index in [4.69, 9.17) is 9.47 Å². The van der Waals surface area contributed by atoms with Crippen molar-refractivity contribution in [3.8, 4) is 5.75 Å². The Morgan fingerprint density at radius 2 is 1.87 bits per heavy atom. The van der Waals surface area contributed by atoms with Crippen LogP contribution in [0.5, 0.6) is 5.75 Å². The molecule has 4 heteroatoms. The summed E-state index contributed by atoms with van der Waals surface area (Å²) >= 11 is 3.52. The molecular formula is C19H29BrO3. The molecule has 0 unspecified atom stereocenters. The van der Waals surface area contributed by atoms with E-state index in [9.17, 15) is 4.79 Å². The highest BCUT2D eigenvalue weighted by molar-refractivity contribution is 9.10. The number of esters is 1. The molecule has 0 fully saturated rings. The lowest BCUT2D eigenvalue weighted by molar-refractivity contribution is -0.155. The predicted molar refractivity (Wildman–Crippen MR) is 97.9 cm³/mol. The molecule has 0 aliphatic rings. The summed E-state index contributed by atoms with van der Waals surface area (Å²) in [5, 5.41) is 0. The number of hydrogen-bond donors (Lipinski definition) is 0. The van der Waals surface area contributed by atoms with Crippen molar-refractivity contribution in [2.75, 3.05) is 13.2 Å². The minimum atomic E-state index is -0.469. The Bertz CT molecular complexity index is 536. The van der Waals surface area contributed by atoms with E-state index in [0.717, 1.165) is 34.2 Å². The summed E-state index contributed by atoms with van der Waals surface area (Å²) < 4.78 is 12.3. The summed E-state index contributed by atoms with van der Waals surface area (Å²) in [6.45, 7) is 13.1. The van der Waals surface area contributed by atoms with E-state index in [0.29, 0.717) is 19.1 Å². The van der Waals surface area contributed by atoms with Gasteiger partial charge in [-0.1, -0.05) is 29.8 Å². The van der Waals surface area contributed by atoms with Gasteiger partial charge in [-0.05, 0) is 69.7 Å². The average molecular weight is 385 g/mol. The fourth-order valence-corrected chi connectivity index (χ4v) is 2.60. The highest BCUT2D eigenvalue weighted by Crippen LogP contribution is 2.28. The minimum Gasteiger partial charge on any atom is -0.493 e. The molecule has 1 rings (SSSR count). The number of rotatable bonds is 8. The summed E-state index contributed by atoms with van der Waals surface area (Å²) in [5.41, 5.74) is 1.80. The molecular weight excluding hydrogens is 356 g/mol. The summed E-state index contributed by atoms with van der Waals surface area (Å²) in [7, 11) is 0. The Balaban J connectivity index is 2.44. The Hall–Kier alpha value is -1.03. The van der Waals surface area contributed by atoms with E-state index >= 15 is 0 Å². The number of halogens is 1. The maximum Gasteiger partial charge on any atom is 0.311 e. The molecule has 0 bridgehead atoms. The number of carbonyl (C=O) groups is 1. The van der Waals surface area contributed by atoms with Gasteiger partial charge in [0.1, 0.15) is 5.75 Å². The van der Waals surface area contributed by atoms with Gasteiger partial charge in [0, 0.05) is 4.47 Å². The van der Waals surface area contributed by atoms with E-state index in [1.165, 1.54) is 0 Å². The zero-order valence-electron chi connectivity index (χ0n) is 15.2. The maximum absolute atomic E-state index is 12.1. The Labute approximate surface area is 148 Å². The summed E-state index contributed by atoms with van der Waals surface area (Å²) in [6.07, 6.45) is 1.57. The topological polar surface area (TPSA) is 35.5 Å². The monoisotopic (exact) mass is 384 g/mol. The number of aryl methyl sites for hydroxylation is 2. The zero-order valence-corrected chi connectivity index (χ0v) is 16.7. The van der Waals surface area contributed by atoms with E-state index in [-0.39, 0.29) is 5.97 Å². The van der Waals surface area contributed by atoms with Crippen LogP contribution in [0.4, 0.5) is 0 Å². The van der Waals surface area contributed by atoms with E-state index in [2.05, 4.69) is 22.0 Å². The van der Waals surface area contributed by atoms with Gasteiger partial charge in [0.25, 0.3) is 0 Å². The third-order valence-corrected chi connectivity index (χ3v) is 4.61. The standard InChI is InChI=1S/C19H29BrO3/c1-13(2)12-23-18(21)19(5,6)8-7-9-22-17-11-14(3)16(20)10-15(17)4/h10-11,13H,7-9,12H2,1-6H3. The molecule has 0 spiro atoms. The van der Waals surface area contributed by atoms with Crippen LogP contribution in [0.1, 0.15) is 51.7 Å². The molecule has 0 aliphatic heterocycles. The lowest BCUT2D eigenvalue weighted by atomic mass is 9.88. The van der Waals surface area contributed by atoms with Crippen molar-refractivity contribution in [1.82, 2.24) is 0 Å². The number of carbonyl (C=O) groups excluding carboxylic acids is 1. The van der Waals surface area contributed by atoms with E-state index < -0.39 is 5.41 Å². The van der Waals surface area contributed by atoms with Gasteiger partial charge in [-0.25, -0.2) is 0 Å². The fraction of sp³-hybridized carbons (Fsp3) is 0.632. The summed E-state index contributed by atoms with van der Waals surface area (Å²) in [6, 6.07) is 4.11. The molecule has 0 saturated carbocycles. The lowest BCUT2D eigenvalue weighted by Crippen LogP contribution is -2.28. The van der Waals surface area contributed by atoms with Crippen molar-refractivity contribution in [3.63, 3.8) is 0 Å². The quantitative estimate of drug-likeness (QED) is 0.441. The van der Waals surface area contributed by atoms with Crippen molar-refractivity contribution in [1.29, 1.82) is 0 Å². The molecule has 0 amide bonds. The summed E-state index contributed by atoms with van der Waals surface area (Å²) in [5.74, 6) is 1.15. The highest BCUT2D eigenvalue weighted by atomic mass is 79.9. The SMILES string of the molecule is Cc1cc(OCCCC(C)(C)C(=O)OCC(C)C)c(C)cc1Br. The second-order valence-electron chi connectivity index (χ2n) is 7.20. The third-order valence-electron chi connectivity index (χ3n) is 3.76. The van der Waals surface area contributed by atoms with Crippen LogP contribution in [0.15, 0.2) is 16.6 Å². The first-order valence-electron chi connectivity index (χ1n) is 8.20.